The van der Waals surface area contributed by atoms with Crippen LogP contribution in [0.25, 0.3) is 10.8 Å². The van der Waals surface area contributed by atoms with Crippen LogP contribution < -0.4 is 5.73 Å². The van der Waals surface area contributed by atoms with Crippen LogP contribution in [0.4, 0.5) is 0 Å². The van der Waals surface area contributed by atoms with Crippen molar-refractivity contribution in [3.8, 4) is 0 Å². The molecule has 4 heteroatoms. The minimum absolute atomic E-state index is 0.248. The molecule has 2 aromatic carbocycles. The van der Waals surface area contributed by atoms with Crippen molar-refractivity contribution >= 4 is 26.7 Å². The highest BCUT2D eigenvalue weighted by atomic mass is 79.9. The third kappa shape index (κ3) is 2.50. The number of hydrogen-bond acceptors (Lipinski definition) is 3. The second-order valence-electron chi connectivity index (χ2n) is 4.36. The van der Waals surface area contributed by atoms with E-state index >= 15 is 0 Å². The molecule has 0 saturated carbocycles. The van der Waals surface area contributed by atoms with Crippen LogP contribution in [-0.2, 0) is 0 Å². The minimum Gasteiger partial charge on any atom is -0.319 e. The van der Waals surface area contributed by atoms with Crippen molar-refractivity contribution < 1.29 is 0 Å². The predicted molar refractivity (Wildman–Crippen MR) is 79.7 cm³/mol. The van der Waals surface area contributed by atoms with E-state index in [4.69, 9.17) is 5.73 Å². The molecular formula is C15H12BrN3. The van der Waals surface area contributed by atoms with Crippen molar-refractivity contribution in [3.63, 3.8) is 0 Å². The summed E-state index contributed by atoms with van der Waals surface area (Å²) in [6, 6.07) is 12.2. The predicted octanol–water partition coefficient (Wildman–Crippen LogP) is 3.44. The fraction of sp³-hybridized carbons (Fsp3) is 0.0667. The van der Waals surface area contributed by atoms with Crippen LogP contribution >= 0.6 is 15.9 Å². The van der Waals surface area contributed by atoms with Crippen molar-refractivity contribution in [2.75, 3.05) is 0 Å². The van der Waals surface area contributed by atoms with Crippen molar-refractivity contribution in [3.05, 3.63) is 70.7 Å². The first-order chi connectivity index (χ1) is 9.24. The fourth-order valence-corrected chi connectivity index (χ4v) is 2.45. The van der Waals surface area contributed by atoms with Crippen molar-refractivity contribution in [2.24, 2.45) is 5.73 Å². The summed E-state index contributed by atoms with van der Waals surface area (Å²) >= 11 is 3.47. The molecule has 0 aliphatic heterocycles. The lowest BCUT2D eigenvalue weighted by Gasteiger charge is -2.12. The van der Waals surface area contributed by atoms with Crippen LogP contribution in [0.15, 0.2) is 59.5 Å². The van der Waals surface area contributed by atoms with Gasteiger partial charge in [0.25, 0.3) is 0 Å². The zero-order valence-corrected chi connectivity index (χ0v) is 11.7. The summed E-state index contributed by atoms with van der Waals surface area (Å²) in [7, 11) is 0. The molecule has 0 radical (unpaired) electrons. The van der Waals surface area contributed by atoms with Crippen LogP contribution in [0.3, 0.4) is 0 Å². The molecule has 0 saturated heterocycles. The van der Waals surface area contributed by atoms with Crippen molar-refractivity contribution in [1.82, 2.24) is 9.97 Å². The summed E-state index contributed by atoms with van der Waals surface area (Å²) in [4.78, 5) is 8.31. The van der Waals surface area contributed by atoms with Crippen LogP contribution in [0.1, 0.15) is 17.3 Å². The van der Waals surface area contributed by atoms with Gasteiger partial charge < -0.3 is 5.73 Å². The highest BCUT2D eigenvalue weighted by molar-refractivity contribution is 9.10. The molecule has 0 amide bonds. The van der Waals surface area contributed by atoms with Crippen molar-refractivity contribution in [1.29, 1.82) is 0 Å². The average Bonchev–Trinajstić information content (AvgIpc) is 2.47. The van der Waals surface area contributed by atoms with E-state index in [1.54, 1.807) is 18.6 Å². The fourth-order valence-electron chi connectivity index (χ4n) is 2.07. The van der Waals surface area contributed by atoms with E-state index in [2.05, 4.69) is 50.2 Å². The van der Waals surface area contributed by atoms with E-state index < -0.39 is 0 Å². The summed E-state index contributed by atoms with van der Waals surface area (Å²) in [5.41, 5.74) is 8.04. The Labute approximate surface area is 119 Å². The Morgan fingerprint density at radius 2 is 1.79 bits per heavy atom. The van der Waals surface area contributed by atoms with E-state index in [0.717, 1.165) is 15.7 Å². The van der Waals surface area contributed by atoms with E-state index in [-0.39, 0.29) is 6.04 Å². The molecule has 3 nitrogen and oxygen atoms in total. The standard InChI is InChI=1S/C15H12BrN3/c16-13-4-3-10-7-12(2-1-11(10)8-13)15(17)14-9-18-5-6-19-14/h1-9,15H,17H2. The first kappa shape index (κ1) is 12.3. The number of rotatable bonds is 2. The van der Waals surface area contributed by atoms with Gasteiger partial charge in [-0.25, -0.2) is 0 Å². The summed E-state index contributed by atoms with van der Waals surface area (Å²) in [6.07, 6.45) is 5.01. The molecule has 0 bridgehead atoms. The van der Waals surface area contributed by atoms with Gasteiger partial charge in [-0.05, 0) is 34.5 Å². The maximum atomic E-state index is 6.23. The van der Waals surface area contributed by atoms with Gasteiger partial charge in [-0.15, -0.1) is 0 Å². The SMILES string of the molecule is NC(c1ccc2cc(Br)ccc2c1)c1cnccn1. The minimum atomic E-state index is -0.248. The van der Waals surface area contributed by atoms with Crippen LogP contribution in [0, 0.1) is 0 Å². The Morgan fingerprint density at radius 1 is 1.00 bits per heavy atom. The summed E-state index contributed by atoms with van der Waals surface area (Å²) in [6.45, 7) is 0. The van der Waals surface area contributed by atoms with Gasteiger partial charge in [0.2, 0.25) is 0 Å². The number of nitrogens with two attached hydrogens (primary N) is 1. The van der Waals surface area contributed by atoms with Crippen LogP contribution in [0.2, 0.25) is 0 Å². The Hall–Kier alpha value is -1.78. The molecule has 1 aromatic heterocycles. The van der Waals surface area contributed by atoms with E-state index in [1.165, 1.54) is 10.8 Å². The molecule has 3 aromatic rings. The summed E-state index contributed by atoms with van der Waals surface area (Å²) in [5.74, 6) is 0. The second-order valence-corrected chi connectivity index (χ2v) is 5.27. The average molecular weight is 314 g/mol. The molecule has 0 aliphatic carbocycles. The summed E-state index contributed by atoms with van der Waals surface area (Å²) in [5, 5.41) is 2.35. The number of fused-ring (bicyclic) bond motifs is 1. The highest BCUT2D eigenvalue weighted by Crippen LogP contribution is 2.24. The molecule has 0 aliphatic rings. The van der Waals surface area contributed by atoms with Gasteiger partial charge in [-0.3, -0.25) is 9.97 Å². The zero-order chi connectivity index (χ0) is 13.2. The number of halogens is 1. The van der Waals surface area contributed by atoms with E-state index in [1.807, 2.05) is 12.1 Å². The monoisotopic (exact) mass is 313 g/mol. The number of benzene rings is 2. The van der Waals surface area contributed by atoms with Gasteiger partial charge in [0, 0.05) is 16.9 Å². The second kappa shape index (κ2) is 5.07. The quantitative estimate of drug-likeness (QED) is 0.788. The lowest BCUT2D eigenvalue weighted by atomic mass is 10.0. The maximum absolute atomic E-state index is 6.23. The Morgan fingerprint density at radius 3 is 2.58 bits per heavy atom. The van der Waals surface area contributed by atoms with Gasteiger partial charge >= 0.3 is 0 Å². The molecule has 19 heavy (non-hydrogen) atoms. The lowest BCUT2D eigenvalue weighted by Crippen LogP contribution is -2.13. The third-order valence-corrected chi connectivity index (χ3v) is 3.58. The third-order valence-electron chi connectivity index (χ3n) is 3.09. The molecule has 1 unspecified atom stereocenters. The lowest BCUT2D eigenvalue weighted by molar-refractivity contribution is 0.819. The van der Waals surface area contributed by atoms with Gasteiger partial charge in [0.1, 0.15) is 0 Å². The van der Waals surface area contributed by atoms with Gasteiger partial charge in [-0.1, -0.05) is 34.1 Å². The van der Waals surface area contributed by atoms with E-state index in [0.29, 0.717) is 0 Å². The summed E-state index contributed by atoms with van der Waals surface area (Å²) < 4.78 is 1.07. The number of aromatic nitrogens is 2. The van der Waals surface area contributed by atoms with Crippen LogP contribution in [0.5, 0.6) is 0 Å². The van der Waals surface area contributed by atoms with E-state index in [9.17, 15) is 0 Å². The van der Waals surface area contributed by atoms with Gasteiger partial charge in [-0.2, -0.15) is 0 Å². The number of nitrogens with zero attached hydrogens (tertiary/aromatic N) is 2. The zero-order valence-electron chi connectivity index (χ0n) is 10.1. The van der Waals surface area contributed by atoms with Gasteiger partial charge in [0.05, 0.1) is 17.9 Å². The molecular weight excluding hydrogens is 302 g/mol. The molecule has 0 fully saturated rings. The highest BCUT2D eigenvalue weighted by Gasteiger charge is 2.10. The molecule has 1 atom stereocenters. The Kier molecular flexibility index (Phi) is 3.27. The largest absolute Gasteiger partial charge is 0.319 e. The van der Waals surface area contributed by atoms with Crippen molar-refractivity contribution in [2.45, 2.75) is 6.04 Å². The maximum Gasteiger partial charge on any atom is 0.0799 e. The Bertz CT molecular complexity index is 713. The van der Waals surface area contributed by atoms with Gasteiger partial charge in [0.15, 0.2) is 0 Å². The first-order valence-corrected chi connectivity index (χ1v) is 6.74. The molecule has 3 rings (SSSR count). The first-order valence-electron chi connectivity index (χ1n) is 5.95. The smallest absolute Gasteiger partial charge is 0.0799 e. The molecule has 94 valence electrons. The topological polar surface area (TPSA) is 51.8 Å². The molecule has 1 heterocycles. The normalized spacial score (nSPS) is 12.5. The van der Waals surface area contributed by atoms with Crippen LogP contribution in [-0.4, -0.2) is 9.97 Å². The molecule has 0 spiro atoms. The molecule has 2 N–H and O–H groups in total. The Balaban J connectivity index is 2.04. The number of hydrogen-bond donors (Lipinski definition) is 1.